The Labute approximate surface area is 79.5 Å². The second-order valence-electron chi connectivity index (χ2n) is 3.88. The van der Waals surface area contributed by atoms with Crippen LogP contribution in [-0.2, 0) is 4.74 Å². The van der Waals surface area contributed by atoms with Crippen LogP contribution in [0.15, 0.2) is 12.2 Å². The van der Waals surface area contributed by atoms with Gasteiger partial charge in [-0.15, -0.1) is 0 Å². The van der Waals surface area contributed by atoms with E-state index in [-0.39, 0.29) is 0 Å². The Bertz CT molecular complexity index is 181. The highest BCUT2D eigenvalue weighted by Gasteiger charge is 2.32. The van der Waals surface area contributed by atoms with Crippen molar-refractivity contribution in [3.05, 3.63) is 12.2 Å². The molecule has 74 valence electrons. The molecule has 2 aliphatic rings. The molecule has 0 spiro atoms. The zero-order valence-corrected chi connectivity index (χ0v) is 7.98. The van der Waals surface area contributed by atoms with Gasteiger partial charge in [-0.1, -0.05) is 12.2 Å². The van der Waals surface area contributed by atoms with E-state index in [1.807, 2.05) is 6.08 Å². The summed E-state index contributed by atoms with van der Waals surface area (Å²) in [6.45, 7) is 3.89. The van der Waals surface area contributed by atoms with Crippen molar-refractivity contribution >= 4 is 0 Å². The molecule has 2 bridgehead atoms. The van der Waals surface area contributed by atoms with E-state index in [0.29, 0.717) is 18.8 Å². The molecule has 0 aromatic heterocycles. The first kappa shape index (κ1) is 9.19. The molecule has 2 heterocycles. The normalized spacial score (nSPS) is 34.5. The number of rotatable bonds is 3. The smallest absolute Gasteiger partial charge is 0.0707 e. The predicted octanol–water partition coefficient (Wildman–Crippen LogP) is 0.365. The van der Waals surface area contributed by atoms with E-state index < -0.39 is 0 Å². The topological polar surface area (TPSA) is 38.5 Å². The van der Waals surface area contributed by atoms with Gasteiger partial charge in [0.15, 0.2) is 0 Å². The van der Waals surface area contributed by atoms with E-state index in [1.165, 1.54) is 12.8 Å². The van der Waals surface area contributed by atoms with Crippen molar-refractivity contribution in [2.24, 2.45) is 5.73 Å². The van der Waals surface area contributed by atoms with Crippen LogP contribution in [0, 0.1) is 0 Å². The molecule has 2 atom stereocenters. The summed E-state index contributed by atoms with van der Waals surface area (Å²) in [5.41, 5.74) is 5.38. The van der Waals surface area contributed by atoms with Crippen LogP contribution in [0.4, 0.5) is 0 Å². The van der Waals surface area contributed by atoms with E-state index in [2.05, 4.69) is 11.0 Å². The number of hydrogen-bond donors (Lipinski definition) is 1. The SMILES string of the molecule is NCC=CCN1CC2CCC(C1)O2. The van der Waals surface area contributed by atoms with Crippen molar-refractivity contribution in [3.8, 4) is 0 Å². The Morgan fingerprint density at radius 3 is 2.54 bits per heavy atom. The summed E-state index contributed by atoms with van der Waals surface area (Å²) < 4.78 is 5.74. The fraction of sp³-hybridized carbons (Fsp3) is 0.800. The van der Waals surface area contributed by atoms with E-state index >= 15 is 0 Å². The standard InChI is InChI=1S/C10H18N2O/c11-5-1-2-6-12-7-9-3-4-10(8-12)13-9/h1-2,9-10H,3-8,11H2. The molecule has 2 rings (SSSR count). The molecule has 0 amide bonds. The van der Waals surface area contributed by atoms with Crippen molar-refractivity contribution < 1.29 is 4.74 Å². The van der Waals surface area contributed by atoms with Gasteiger partial charge in [-0.05, 0) is 12.8 Å². The first-order chi connectivity index (χ1) is 6.38. The summed E-state index contributed by atoms with van der Waals surface area (Å²) in [6.07, 6.45) is 7.70. The van der Waals surface area contributed by atoms with Gasteiger partial charge in [-0.3, -0.25) is 4.90 Å². The van der Waals surface area contributed by atoms with Crippen molar-refractivity contribution in [1.82, 2.24) is 4.90 Å². The summed E-state index contributed by atoms with van der Waals surface area (Å²) in [5.74, 6) is 0. The third kappa shape index (κ3) is 2.30. The van der Waals surface area contributed by atoms with Crippen LogP contribution in [0.1, 0.15) is 12.8 Å². The van der Waals surface area contributed by atoms with Crippen molar-refractivity contribution in [2.45, 2.75) is 25.0 Å². The maximum Gasteiger partial charge on any atom is 0.0707 e. The van der Waals surface area contributed by atoms with Crippen LogP contribution >= 0.6 is 0 Å². The molecule has 3 heteroatoms. The summed E-state index contributed by atoms with van der Waals surface area (Å²) >= 11 is 0. The lowest BCUT2D eigenvalue weighted by Crippen LogP contribution is -2.42. The Hall–Kier alpha value is -0.380. The second-order valence-corrected chi connectivity index (χ2v) is 3.88. The van der Waals surface area contributed by atoms with Gasteiger partial charge >= 0.3 is 0 Å². The van der Waals surface area contributed by atoms with Gasteiger partial charge in [-0.25, -0.2) is 0 Å². The molecule has 2 N–H and O–H groups in total. The molecular weight excluding hydrogens is 164 g/mol. The fourth-order valence-electron chi connectivity index (χ4n) is 2.17. The van der Waals surface area contributed by atoms with Crippen LogP contribution in [0.2, 0.25) is 0 Å². The highest BCUT2D eigenvalue weighted by molar-refractivity contribution is 4.91. The van der Waals surface area contributed by atoms with E-state index in [1.54, 1.807) is 0 Å². The van der Waals surface area contributed by atoms with Gasteiger partial charge in [0.05, 0.1) is 12.2 Å². The lowest BCUT2D eigenvalue weighted by atomic mass is 10.2. The van der Waals surface area contributed by atoms with Crippen molar-refractivity contribution in [1.29, 1.82) is 0 Å². The third-order valence-corrected chi connectivity index (χ3v) is 2.79. The molecule has 0 aromatic carbocycles. The monoisotopic (exact) mass is 182 g/mol. The molecule has 0 saturated carbocycles. The van der Waals surface area contributed by atoms with Gasteiger partial charge < -0.3 is 10.5 Å². The fourth-order valence-corrected chi connectivity index (χ4v) is 2.17. The van der Waals surface area contributed by atoms with Crippen LogP contribution < -0.4 is 5.73 Å². The molecular formula is C10H18N2O. The van der Waals surface area contributed by atoms with Gasteiger partial charge in [-0.2, -0.15) is 0 Å². The number of nitrogens with two attached hydrogens (primary N) is 1. The zero-order valence-electron chi connectivity index (χ0n) is 7.98. The van der Waals surface area contributed by atoms with Crippen molar-refractivity contribution in [3.63, 3.8) is 0 Å². The number of likely N-dealkylation sites (tertiary alicyclic amines) is 1. The average molecular weight is 182 g/mol. The molecule has 0 radical (unpaired) electrons. The lowest BCUT2D eigenvalue weighted by molar-refractivity contribution is -0.0343. The number of morpholine rings is 1. The first-order valence-electron chi connectivity index (χ1n) is 5.11. The molecule has 2 unspecified atom stereocenters. The summed E-state index contributed by atoms with van der Waals surface area (Å²) in [6, 6.07) is 0. The predicted molar refractivity (Wildman–Crippen MR) is 52.5 cm³/mol. The van der Waals surface area contributed by atoms with Crippen LogP contribution in [0.25, 0.3) is 0 Å². The molecule has 2 saturated heterocycles. The van der Waals surface area contributed by atoms with Crippen LogP contribution in [0.5, 0.6) is 0 Å². The summed E-state index contributed by atoms with van der Waals surface area (Å²) in [7, 11) is 0. The number of ether oxygens (including phenoxy) is 1. The summed E-state index contributed by atoms with van der Waals surface area (Å²) in [4.78, 5) is 2.46. The Morgan fingerprint density at radius 1 is 1.23 bits per heavy atom. The van der Waals surface area contributed by atoms with Gasteiger partial charge in [0.1, 0.15) is 0 Å². The number of hydrogen-bond acceptors (Lipinski definition) is 3. The minimum absolute atomic E-state index is 0.505. The van der Waals surface area contributed by atoms with Gasteiger partial charge in [0.25, 0.3) is 0 Å². The Kier molecular flexibility index (Phi) is 2.98. The molecule has 0 aliphatic carbocycles. The largest absolute Gasteiger partial charge is 0.372 e. The molecule has 2 fully saturated rings. The Morgan fingerprint density at radius 2 is 1.92 bits per heavy atom. The minimum Gasteiger partial charge on any atom is -0.372 e. The maximum atomic E-state index is 5.74. The Balaban J connectivity index is 1.78. The lowest BCUT2D eigenvalue weighted by Gasteiger charge is -2.31. The summed E-state index contributed by atoms with van der Waals surface area (Å²) in [5, 5.41) is 0. The van der Waals surface area contributed by atoms with E-state index in [0.717, 1.165) is 19.6 Å². The van der Waals surface area contributed by atoms with Gasteiger partial charge in [0.2, 0.25) is 0 Å². The molecule has 0 aromatic rings. The molecule has 2 aliphatic heterocycles. The van der Waals surface area contributed by atoms with Crippen LogP contribution in [0.3, 0.4) is 0 Å². The molecule has 3 nitrogen and oxygen atoms in total. The first-order valence-corrected chi connectivity index (χ1v) is 5.11. The van der Waals surface area contributed by atoms with E-state index in [4.69, 9.17) is 10.5 Å². The number of nitrogens with zero attached hydrogens (tertiary/aromatic N) is 1. The zero-order chi connectivity index (χ0) is 9.10. The second kappa shape index (κ2) is 4.22. The molecule has 13 heavy (non-hydrogen) atoms. The number of fused-ring (bicyclic) bond motifs is 2. The van der Waals surface area contributed by atoms with Gasteiger partial charge in [0, 0.05) is 26.2 Å². The maximum absolute atomic E-state index is 5.74. The average Bonchev–Trinajstić information content (AvgIpc) is 2.46. The van der Waals surface area contributed by atoms with Crippen LogP contribution in [-0.4, -0.2) is 43.3 Å². The van der Waals surface area contributed by atoms with E-state index in [9.17, 15) is 0 Å². The highest BCUT2D eigenvalue weighted by Crippen LogP contribution is 2.25. The van der Waals surface area contributed by atoms with Crippen molar-refractivity contribution in [2.75, 3.05) is 26.2 Å². The quantitative estimate of drug-likeness (QED) is 0.641. The minimum atomic E-state index is 0.505. The highest BCUT2D eigenvalue weighted by atomic mass is 16.5. The third-order valence-electron chi connectivity index (χ3n) is 2.79.